The Hall–Kier alpha value is -2.11. The summed E-state index contributed by atoms with van der Waals surface area (Å²) >= 11 is 0. The second-order valence-electron chi connectivity index (χ2n) is 7.58. The van der Waals surface area contributed by atoms with Gasteiger partial charge in [-0.05, 0) is 29.7 Å². The van der Waals surface area contributed by atoms with Crippen LogP contribution < -0.4 is 9.47 Å². The highest BCUT2D eigenvalue weighted by Gasteiger charge is 2.27. The van der Waals surface area contributed by atoms with Crippen LogP contribution in [0.2, 0.25) is 0 Å². The van der Waals surface area contributed by atoms with Gasteiger partial charge in [0.05, 0.1) is 14.2 Å². The van der Waals surface area contributed by atoms with Crippen molar-refractivity contribution in [3.05, 3.63) is 53.1 Å². The Labute approximate surface area is 162 Å². The Balaban J connectivity index is 1.80. The summed E-state index contributed by atoms with van der Waals surface area (Å²) in [5, 5.41) is 0. The maximum Gasteiger partial charge on any atom is 0.216 e. The Morgan fingerprint density at radius 2 is 1.74 bits per heavy atom. The van der Waals surface area contributed by atoms with Crippen molar-refractivity contribution >= 4 is 0 Å². The summed E-state index contributed by atoms with van der Waals surface area (Å²) in [4.78, 5) is 9.29. The number of aromatic nitrogens is 1. The van der Waals surface area contributed by atoms with E-state index >= 15 is 0 Å². The van der Waals surface area contributed by atoms with Crippen molar-refractivity contribution in [2.24, 2.45) is 0 Å². The quantitative estimate of drug-likeness (QED) is 0.776. The normalized spacial score (nSPS) is 18.7. The molecule has 146 valence electrons. The van der Waals surface area contributed by atoms with Gasteiger partial charge in [0, 0.05) is 44.4 Å². The maximum atomic E-state index is 5.32. The first-order valence-corrected chi connectivity index (χ1v) is 9.62. The van der Waals surface area contributed by atoms with Crippen LogP contribution in [0.4, 0.5) is 0 Å². The van der Waals surface area contributed by atoms with Gasteiger partial charge in [0.1, 0.15) is 0 Å². The molecule has 1 aliphatic rings. The number of hydrogen-bond donors (Lipinski definition) is 0. The van der Waals surface area contributed by atoms with E-state index in [0.717, 1.165) is 26.2 Å². The van der Waals surface area contributed by atoms with Gasteiger partial charge < -0.3 is 9.47 Å². The van der Waals surface area contributed by atoms with Crippen LogP contribution >= 0.6 is 0 Å². The van der Waals surface area contributed by atoms with E-state index in [2.05, 4.69) is 59.9 Å². The molecule has 3 rings (SSSR count). The lowest BCUT2D eigenvalue weighted by molar-refractivity contribution is 0.0897. The van der Waals surface area contributed by atoms with Crippen molar-refractivity contribution in [1.82, 2.24) is 14.8 Å². The molecule has 0 N–H and O–H groups in total. The van der Waals surface area contributed by atoms with Crippen molar-refractivity contribution in [2.75, 3.05) is 40.9 Å². The van der Waals surface area contributed by atoms with Gasteiger partial charge in [-0.25, -0.2) is 0 Å². The Bertz CT molecular complexity index is 741. The third-order valence-electron chi connectivity index (χ3n) is 5.37. The van der Waals surface area contributed by atoms with Crippen LogP contribution in [0.5, 0.6) is 11.8 Å². The molecule has 1 atom stereocenters. The predicted octanol–water partition coefficient (Wildman–Crippen LogP) is 3.71. The molecule has 1 aromatic heterocycles. The summed E-state index contributed by atoms with van der Waals surface area (Å²) in [7, 11) is 5.51. The fourth-order valence-corrected chi connectivity index (χ4v) is 3.84. The molecule has 2 heterocycles. The zero-order chi connectivity index (χ0) is 19.4. The maximum absolute atomic E-state index is 5.32. The van der Waals surface area contributed by atoms with Crippen LogP contribution in [-0.2, 0) is 6.54 Å². The zero-order valence-electron chi connectivity index (χ0n) is 17.1. The molecule has 2 aromatic rings. The van der Waals surface area contributed by atoms with E-state index < -0.39 is 0 Å². The summed E-state index contributed by atoms with van der Waals surface area (Å²) in [5.74, 6) is 1.72. The van der Waals surface area contributed by atoms with Crippen LogP contribution in [0.15, 0.2) is 36.4 Å². The van der Waals surface area contributed by atoms with Crippen molar-refractivity contribution in [3.8, 4) is 11.8 Å². The van der Waals surface area contributed by atoms with Gasteiger partial charge in [-0.15, -0.1) is 0 Å². The third-order valence-corrected chi connectivity index (χ3v) is 5.37. The van der Waals surface area contributed by atoms with E-state index in [1.165, 1.54) is 16.7 Å². The molecular weight excluding hydrogens is 338 g/mol. The fraction of sp³-hybridized carbons (Fsp3) is 0.500. The molecule has 0 aliphatic carbocycles. The lowest BCUT2D eigenvalue weighted by Crippen LogP contribution is -2.46. The Morgan fingerprint density at radius 1 is 1.07 bits per heavy atom. The van der Waals surface area contributed by atoms with Crippen molar-refractivity contribution in [2.45, 2.75) is 32.4 Å². The van der Waals surface area contributed by atoms with Crippen LogP contribution in [-0.4, -0.2) is 55.7 Å². The van der Waals surface area contributed by atoms with E-state index in [-0.39, 0.29) is 0 Å². The van der Waals surface area contributed by atoms with E-state index in [1.807, 2.05) is 12.1 Å². The van der Waals surface area contributed by atoms with E-state index in [1.54, 1.807) is 14.2 Å². The highest BCUT2D eigenvalue weighted by atomic mass is 16.5. The minimum absolute atomic E-state index is 0.406. The summed E-state index contributed by atoms with van der Waals surface area (Å²) < 4.78 is 10.6. The van der Waals surface area contributed by atoms with E-state index in [4.69, 9.17) is 9.47 Å². The van der Waals surface area contributed by atoms with Crippen molar-refractivity contribution in [1.29, 1.82) is 0 Å². The zero-order valence-corrected chi connectivity index (χ0v) is 17.1. The number of likely N-dealkylation sites (N-methyl/N-ethyl adjacent to an activating group) is 1. The molecule has 5 nitrogen and oxygen atoms in total. The average molecular weight is 370 g/mol. The monoisotopic (exact) mass is 369 g/mol. The molecule has 0 radical (unpaired) electrons. The number of rotatable bonds is 6. The van der Waals surface area contributed by atoms with Gasteiger partial charge in [0.2, 0.25) is 11.8 Å². The summed E-state index contributed by atoms with van der Waals surface area (Å²) in [6.45, 7) is 8.51. The van der Waals surface area contributed by atoms with E-state index in [0.29, 0.717) is 23.7 Å². The highest BCUT2D eigenvalue weighted by Crippen LogP contribution is 2.31. The third kappa shape index (κ3) is 4.60. The molecule has 5 heteroatoms. The lowest BCUT2D eigenvalue weighted by Gasteiger charge is -2.40. The minimum Gasteiger partial charge on any atom is -0.481 e. The van der Waals surface area contributed by atoms with Crippen LogP contribution in [0.1, 0.15) is 42.5 Å². The SMILES string of the molecule is COc1cc(CN2CCN(C)C(c3ccccc3C(C)C)C2)cc(OC)n1. The van der Waals surface area contributed by atoms with E-state index in [9.17, 15) is 0 Å². The van der Waals surface area contributed by atoms with Gasteiger partial charge in [-0.2, -0.15) is 4.98 Å². The topological polar surface area (TPSA) is 37.8 Å². The second-order valence-corrected chi connectivity index (χ2v) is 7.58. The first-order valence-electron chi connectivity index (χ1n) is 9.62. The first-order chi connectivity index (χ1) is 13.0. The number of ether oxygens (including phenoxy) is 2. The van der Waals surface area contributed by atoms with Gasteiger partial charge in [0.25, 0.3) is 0 Å². The Morgan fingerprint density at radius 3 is 2.37 bits per heavy atom. The second kappa shape index (κ2) is 8.72. The summed E-state index contributed by atoms with van der Waals surface area (Å²) in [5.41, 5.74) is 4.06. The van der Waals surface area contributed by atoms with Crippen LogP contribution in [0.3, 0.4) is 0 Å². The number of pyridine rings is 1. The van der Waals surface area contributed by atoms with Gasteiger partial charge >= 0.3 is 0 Å². The number of benzene rings is 1. The van der Waals surface area contributed by atoms with Gasteiger partial charge in [-0.3, -0.25) is 9.80 Å². The molecule has 1 unspecified atom stereocenters. The molecule has 0 bridgehead atoms. The number of methoxy groups -OCH3 is 2. The van der Waals surface area contributed by atoms with Gasteiger partial charge in [0.15, 0.2) is 0 Å². The first kappa shape index (κ1) is 19.6. The number of piperazine rings is 1. The van der Waals surface area contributed by atoms with Gasteiger partial charge in [-0.1, -0.05) is 38.1 Å². The summed E-state index contributed by atoms with van der Waals surface area (Å²) in [6, 6.07) is 13.3. The molecule has 0 saturated carbocycles. The fourth-order valence-electron chi connectivity index (χ4n) is 3.84. The highest BCUT2D eigenvalue weighted by molar-refractivity contribution is 5.33. The van der Waals surface area contributed by atoms with Crippen molar-refractivity contribution in [3.63, 3.8) is 0 Å². The number of nitrogens with zero attached hydrogens (tertiary/aromatic N) is 3. The smallest absolute Gasteiger partial charge is 0.216 e. The molecule has 1 saturated heterocycles. The average Bonchev–Trinajstić information content (AvgIpc) is 2.69. The molecule has 1 aliphatic heterocycles. The molecule has 1 aromatic carbocycles. The largest absolute Gasteiger partial charge is 0.481 e. The standard InChI is InChI=1S/C22H31N3O2/c1-16(2)18-8-6-7-9-19(18)20-15-25(11-10-24(20)3)14-17-12-21(26-4)23-22(13-17)27-5/h6-9,12-13,16,20H,10-11,14-15H2,1-5H3. The van der Waals surface area contributed by atoms with Crippen LogP contribution in [0, 0.1) is 0 Å². The van der Waals surface area contributed by atoms with Crippen LogP contribution in [0.25, 0.3) is 0 Å². The Kier molecular flexibility index (Phi) is 6.34. The molecule has 27 heavy (non-hydrogen) atoms. The molecular formula is C22H31N3O2. The minimum atomic E-state index is 0.406. The molecule has 0 amide bonds. The number of hydrogen-bond acceptors (Lipinski definition) is 5. The predicted molar refractivity (Wildman–Crippen MR) is 109 cm³/mol. The molecule has 0 spiro atoms. The summed E-state index contributed by atoms with van der Waals surface area (Å²) in [6.07, 6.45) is 0. The lowest BCUT2D eigenvalue weighted by atomic mass is 9.91. The molecule has 1 fully saturated rings. The van der Waals surface area contributed by atoms with Crippen molar-refractivity contribution < 1.29 is 9.47 Å².